The van der Waals surface area contributed by atoms with Gasteiger partial charge in [-0.3, -0.25) is 9.59 Å². The largest absolute Gasteiger partial charge is 0.494 e. The Morgan fingerprint density at radius 1 is 1.07 bits per heavy atom. The summed E-state index contributed by atoms with van der Waals surface area (Å²) in [6.45, 7) is 8.07. The van der Waals surface area contributed by atoms with Gasteiger partial charge in [0.05, 0.1) is 18.7 Å². The van der Waals surface area contributed by atoms with Crippen LogP contribution in [0.1, 0.15) is 32.8 Å². The van der Waals surface area contributed by atoms with E-state index in [1.54, 1.807) is 36.4 Å². The maximum Gasteiger partial charge on any atom is 0.332 e. The van der Waals surface area contributed by atoms with Gasteiger partial charge in [0.25, 0.3) is 5.91 Å². The van der Waals surface area contributed by atoms with E-state index in [9.17, 15) is 14.4 Å². The van der Waals surface area contributed by atoms with E-state index in [0.717, 1.165) is 10.5 Å². The normalized spacial score (nSPS) is 16.4. The monoisotopic (exact) mass is 409 g/mol. The Labute approximate surface area is 176 Å². The molecule has 0 bridgehead atoms. The van der Waals surface area contributed by atoms with E-state index in [1.165, 1.54) is 4.90 Å². The van der Waals surface area contributed by atoms with Crippen LogP contribution in [-0.4, -0.2) is 41.4 Å². The van der Waals surface area contributed by atoms with Crippen molar-refractivity contribution in [3.63, 3.8) is 0 Å². The third kappa shape index (κ3) is 4.45. The van der Waals surface area contributed by atoms with Crippen LogP contribution >= 0.6 is 0 Å². The van der Waals surface area contributed by atoms with Crippen molar-refractivity contribution >= 4 is 29.2 Å². The third-order valence-corrected chi connectivity index (χ3v) is 4.93. The van der Waals surface area contributed by atoms with Gasteiger partial charge < -0.3 is 15.0 Å². The second-order valence-electron chi connectivity index (χ2n) is 7.52. The predicted octanol–water partition coefficient (Wildman–Crippen LogP) is 3.97. The fraction of sp³-hybridized carbons (Fsp3) is 0.348. The zero-order chi connectivity index (χ0) is 21.8. The van der Waals surface area contributed by atoms with Crippen molar-refractivity contribution in [3.8, 4) is 5.75 Å². The Balaban J connectivity index is 1.75. The van der Waals surface area contributed by atoms with Crippen molar-refractivity contribution in [1.29, 1.82) is 0 Å². The molecule has 0 radical (unpaired) electrons. The fourth-order valence-electron chi connectivity index (χ4n) is 3.50. The number of rotatable bonds is 7. The van der Waals surface area contributed by atoms with Crippen molar-refractivity contribution in [2.24, 2.45) is 0 Å². The summed E-state index contributed by atoms with van der Waals surface area (Å²) in [7, 11) is 0. The molecule has 0 saturated carbocycles. The lowest BCUT2D eigenvalue weighted by molar-refractivity contribution is -0.124. The highest BCUT2D eigenvalue weighted by Gasteiger charge is 2.47. The summed E-state index contributed by atoms with van der Waals surface area (Å²) in [5.41, 5.74) is 2.15. The van der Waals surface area contributed by atoms with Crippen molar-refractivity contribution in [1.82, 2.24) is 4.90 Å². The molecule has 2 aromatic carbocycles. The summed E-state index contributed by atoms with van der Waals surface area (Å²) in [5, 5.41) is 2.79. The molecule has 7 heteroatoms. The zero-order valence-electron chi connectivity index (χ0n) is 17.7. The van der Waals surface area contributed by atoms with Crippen LogP contribution in [0.5, 0.6) is 5.75 Å². The molecule has 1 fully saturated rings. The second kappa shape index (κ2) is 8.98. The molecule has 158 valence electrons. The number of anilines is 2. The van der Waals surface area contributed by atoms with Crippen LogP contribution in [0.2, 0.25) is 0 Å². The third-order valence-electron chi connectivity index (χ3n) is 4.93. The summed E-state index contributed by atoms with van der Waals surface area (Å²) in [6.07, 6.45) is -0.113. The van der Waals surface area contributed by atoms with Gasteiger partial charge in [-0.15, -0.1) is 0 Å². The molecule has 0 aliphatic carbocycles. The van der Waals surface area contributed by atoms with Crippen molar-refractivity contribution in [2.45, 2.75) is 46.2 Å². The van der Waals surface area contributed by atoms with Crippen LogP contribution in [0.3, 0.4) is 0 Å². The average molecular weight is 409 g/mol. The molecule has 3 rings (SSSR count). The lowest BCUT2D eigenvalue weighted by Gasteiger charge is -2.25. The first-order valence-electron chi connectivity index (χ1n) is 10.1. The topological polar surface area (TPSA) is 79.0 Å². The molecule has 2 aromatic rings. The predicted molar refractivity (Wildman–Crippen MR) is 116 cm³/mol. The summed E-state index contributed by atoms with van der Waals surface area (Å²) in [4.78, 5) is 41.3. The summed E-state index contributed by atoms with van der Waals surface area (Å²) in [6, 6.07) is 12.7. The van der Waals surface area contributed by atoms with Gasteiger partial charge in [-0.05, 0) is 64.1 Å². The van der Waals surface area contributed by atoms with Gasteiger partial charge >= 0.3 is 6.03 Å². The number of carbonyl (C=O) groups excluding carboxylic acids is 3. The number of ether oxygens (including phenoxy) is 1. The molecule has 30 heavy (non-hydrogen) atoms. The molecule has 1 atom stereocenters. The smallest absolute Gasteiger partial charge is 0.332 e. The van der Waals surface area contributed by atoms with E-state index in [4.69, 9.17) is 4.74 Å². The fourth-order valence-corrected chi connectivity index (χ4v) is 3.50. The van der Waals surface area contributed by atoms with E-state index in [2.05, 4.69) is 5.32 Å². The molecule has 1 saturated heterocycles. The molecule has 7 nitrogen and oxygen atoms in total. The zero-order valence-corrected chi connectivity index (χ0v) is 17.7. The second-order valence-corrected chi connectivity index (χ2v) is 7.52. The highest BCUT2D eigenvalue weighted by Crippen LogP contribution is 2.29. The van der Waals surface area contributed by atoms with Crippen molar-refractivity contribution in [2.75, 3.05) is 16.8 Å². The maximum absolute atomic E-state index is 13.1. The Morgan fingerprint density at radius 2 is 1.70 bits per heavy atom. The molecular formula is C23H27N3O4. The average Bonchev–Trinajstić information content (AvgIpc) is 2.94. The lowest BCUT2D eigenvalue weighted by atomic mass is 10.1. The molecule has 1 aliphatic rings. The Kier molecular flexibility index (Phi) is 6.40. The number of nitrogens with zero attached hydrogens (tertiary/aromatic N) is 2. The number of hydrogen-bond acceptors (Lipinski definition) is 4. The van der Waals surface area contributed by atoms with Gasteiger partial charge in [0.15, 0.2) is 0 Å². The summed E-state index contributed by atoms with van der Waals surface area (Å²) in [5.74, 6) is -0.00657. The van der Waals surface area contributed by atoms with Gasteiger partial charge in [0.2, 0.25) is 5.91 Å². The minimum atomic E-state index is -0.846. The Morgan fingerprint density at radius 3 is 2.27 bits per heavy atom. The van der Waals surface area contributed by atoms with E-state index in [1.807, 2.05) is 39.8 Å². The molecule has 0 unspecified atom stereocenters. The van der Waals surface area contributed by atoms with Gasteiger partial charge in [-0.2, -0.15) is 0 Å². The highest BCUT2D eigenvalue weighted by molar-refractivity contribution is 6.22. The molecule has 0 aromatic heterocycles. The molecule has 1 heterocycles. The molecule has 1 aliphatic heterocycles. The first-order valence-corrected chi connectivity index (χ1v) is 10.1. The maximum atomic E-state index is 13.1. The van der Waals surface area contributed by atoms with Crippen LogP contribution in [0.4, 0.5) is 16.2 Å². The lowest BCUT2D eigenvalue weighted by Crippen LogP contribution is -2.42. The molecule has 1 N–H and O–H groups in total. The number of aryl methyl sites for hydroxylation is 1. The van der Waals surface area contributed by atoms with Gasteiger partial charge in [-0.1, -0.05) is 17.7 Å². The van der Waals surface area contributed by atoms with E-state index < -0.39 is 12.1 Å². The quantitative estimate of drug-likeness (QED) is 0.702. The van der Waals surface area contributed by atoms with E-state index in [-0.39, 0.29) is 24.3 Å². The van der Waals surface area contributed by atoms with Gasteiger partial charge in [0, 0.05) is 11.7 Å². The SMILES string of the molecule is CCOc1ccc(NC(=O)C[C@H]2C(=O)N(c3ccc(C)cc3)C(=O)N2C(C)C)cc1. The number of nitrogens with one attached hydrogen (secondary N) is 1. The van der Waals surface area contributed by atoms with Crippen molar-refractivity contribution < 1.29 is 19.1 Å². The number of hydrogen-bond donors (Lipinski definition) is 1. The standard InChI is InChI=1S/C23H27N3O4/c1-5-30-19-12-8-17(9-13-19)24-21(27)14-20-22(28)26(23(29)25(20)15(2)3)18-10-6-16(4)7-11-18/h6-13,15,20H,5,14H2,1-4H3,(H,24,27)/t20-/m0/s1. The van der Waals surface area contributed by atoms with Crippen molar-refractivity contribution in [3.05, 3.63) is 54.1 Å². The van der Waals surface area contributed by atoms with Crippen LogP contribution in [0.25, 0.3) is 0 Å². The number of carbonyl (C=O) groups is 3. The number of benzene rings is 2. The first-order chi connectivity index (χ1) is 14.3. The highest BCUT2D eigenvalue weighted by atomic mass is 16.5. The number of amides is 4. The van der Waals surface area contributed by atoms with Crippen LogP contribution in [0.15, 0.2) is 48.5 Å². The number of urea groups is 1. The molecular weight excluding hydrogens is 382 g/mol. The van der Waals surface area contributed by atoms with Crippen LogP contribution < -0.4 is 15.0 Å². The number of imide groups is 1. The summed E-state index contributed by atoms with van der Waals surface area (Å²) < 4.78 is 5.39. The minimum Gasteiger partial charge on any atom is -0.494 e. The Hall–Kier alpha value is -3.35. The summed E-state index contributed by atoms with van der Waals surface area (Å²) >= 11 is 0. The van der Waals surface area contributed by atoms with Crippen LogP contribution in [-0.2, 0) is 9.59 Å². The van der Waals surface area contributed by atoms with Crippen LogP contribution in [0, 0.1) is 6.92 Å². The first kappa shape index (κ1) is 21.4. The van der Waals surface area contributed by atoms with Gasteiger partial charge in [0.1, 0.15) is 11.8 Å². The van der Waals surface area contributed by atoms with E-state index >= 15 is 0 Å². The minimum absolute atomic E-state index is 0.113. The molecule has 4 amide bonds. The van der Waals surface area contributed by atoms with E-state index in [0.29, 0.717) is 23.7 Å². The van der Waals surface area contributed by atoms with Gasteiger partial charge in [-0.25, -0.2) is 9.69 Å². The Bertz CT molecular complexity index is 922. The molecule has 0 spiro atoms.